The van der Waals surface area contributed by atoms with Crippen LogP contribution in [0.25, 0.3) is 0 Å². The summed E-state index contributed by atoms with van der Waals surface area (Å²) in [5.74, 6) is 0.532. The summed E-state index contributed by atoms with van der Waals surface area (Å²) in [6.45, 7) is 15.1. The number of thiazole rings is 1. The molecule has 20 heavy (non-hydrogen) atoms. The Hall–Kier alpha value is -0.450. The summed E-state index contributed by atoms with van der Waals surface area (Å²) in [4.78, 5) is 4.82. The van der Waals surface area contributed by atoms with E-state index in [9.17, 15) is 0 Å². The highest BCUT2D eigenvalue weighted by Gasteiger charge is 2.33. The molecule has 1 aliphatic heterocycles. The Kier molecular flexibility index (Phi) is 4.57. The lowest BCUT2D eigenvalue weighted by Gasteiger charge is -2.25. The molecule has 0 aromatic carbocycles. The van der Waals surface area contributed by atoms with E-state index in [2.05, 4.69) is 52.2 Å². The maximum Gasteiger partial charge on any atom is 0.104 e. The van der Waals surface area contributed by atoms with Gasteiger partial charge in [0.25, 0.3) is 0 Å². The monoisotopic (exact) mass is 296 g/mol. The standard InChI is InChI=1S/C16H28N2OS/c1-15(2,3)14-18-12(10-20-14)13-11(7-8-19-13)9-17-16(4,5)6/h10-11,13,17H,7-9H2,1-6H3. The highest BCUT2D eigenvalue weighted by molar-refractivity contribution is 7.09. The average molecular weight is 296 g/mol. The third-order valence-electron chi connectivity index (χ3n) is 3.56. The highest BCUT2D eigenvalue weighted by Crippen LogP contribution is 2.36. The van der Waals surface area contributed by atoms with E-state index in [1.807, 2.05) is 0 Å². The molecule has 2 heterocycles. The van der Waals surface area contributed by atoms with E-state index in [0.29, 0.717) is 5.92 Å². The first-order valence-corrected chi connectivity index (χ1v) is 8.37. The molecule has 0 amide bonds. The molecule has 2 unspecified atom stereocenters. The molecule has 1 aromatic rings. The first-order valence-electron chi connectivity index (χ1n) is 7.49. The van der Waals surface area contributed by atoms with Gasteiger partial charge in [0.15, 0.2) is 0 Å². The van der Waals surface area contributed by atoms with Gasteiger partial charge < -0.3 is 10.1 Å². The predicted molar refractivity (Wildman–Crippen MR) is 85.4 cm³/mol. The van der Waals surface area contributed by atoms with Gasteiger partial charge in [0.05, 0.1) is 10.7 Å². The number of rotatable bonds is 3. The summed E-state index contributed by atoms with van der Waals surface area (Å²) in [6, 6.07) is 0. The molecule has 0 radical (unpaired) electrons. The molecular weight excluding hydrogens is 268 g/mol. The molecule has 114 valence electrons. The van der Waals surface area contributed by atoms with Crippen LogP contribution in [0.15, 0.2) is 5.38 Å². The summed E-state index contributed by atoms with van der Waals surface area (Å²) in [5.41, 5.74) is 1.41. The van der Waals surface area contributed by atoms with Crippen molar-refractivity contribution in [3.63, 3.8) is 0 Å². The zero-order valence-corrected chi connectivity index (χ0v) is 14.4. The smallest absolute Gasteiger partial charge is 0.104 e. The number of hydrogen-bond donors (Lipinski definition) is 1. The molecule has 0 spiro atoms. The number of aromatic nitrogens is 1. The van der Waals surface area contributed by atoms with Gasteiger partial charge >= 0.3 is 0 Å². The second-order valence-electron chi connectivity index (χ2n) is 7.80. The molecule has 1 aromatic heterocycles. The van der Waals surface area contributed by atoms with E-state index in [0.717, 1.165) is 25.3 Å². The first-order chi connectivity index (χ1) is 9.17. The van der Waals surface area contributed by atoms with Gasteiger partial charge in [0.1, 0.15) is 6.10 Å². The van der Waals surface area contributed by atoms with Crippen molar-refractivity contribution in [1.82, 2.24) is 10.3 Å². The molecule has 0 aliphatic carbocycles. The minimum atomic E-state index is 0.126. The Morgan fingerprint density at radius 1 is 1.30 bits per heavy atom. The minimum absolute atomic E-state index is 0.126. The summed E-state index contributed by atoms with van der Waals surface area (Å²) < 4.78 is 5.95. The minimum Gasteiger partial charge on any atom is -0.372 e. The van der Waals surface area contributed by atoms with Gasteiger partial charge in [-0.05, 0) is 27.2 Å². The van der Waals surface area contributed by atoms with E-state index in [4.69, 9.17) is 9.72 Å². The first kappa shape index (κ1) is 15.9. The van der Waals surface area contributed by atoms with Gasteiger partial charge in [-0.2, -0.15) is 0 Å². The Labute approximate surface area is 127 Å². The molecule has 3 nitrogen and oxygen atoms in total. The quantitative estimate of drug-likeness (QED) is 0.918. The number of ether oxygens (including phenoxy) is 1. The van der Waals surface area contributed by atoms with Crippen LogP contribution in [0.4, 0.5) is 0 Å². The summed E-state index contributed by atoms with van der Waals surface area (Å²) in [5, 5.41) is 6.98. The molecule has 1 aliphatic rings. The van der Waals surface area contributed by atoms with Crippen molar-refractivity contribution in [3.05, 3.63) is 16.1 Å². The Balaban J connectivity index is 2.05. The lowest BCUT2D eigenvalue weighted by atomic mass is 9.96. The maximum absolute atomic E-state index is 5.95. The lowest BCUT2D eigenvalue weighted by Crippen LogP contribution is -2.39. The van der Waals surface area contributed by atoms with Crippen LogP contribution in [0.3, 0.4) is 0 Å². The summed E-state index contributed by atoms with van der Waals surface area (Å²) in [7, 11) is 0. The number of nitrogens with zero attached hydrogens (tertiary/aromatic N) is 1. The molecule has 4 heteroatoms. The van der Waals surface area contributed by atoms with Gasteiger partial charge in [-0.1, -0.05) is 20.8 Å². The zero-order valence-electron chi connectivity index (χ0n) is 13.6. The molecule has 2 atom stereocenters. The highest BCUT2D eigenvalue weighted by atomic mass is 32.1. The Bertz CT molecular complexity index is 442. The van der Waals surface area contributed by atoms with Crippen LogP contribution in [0, 0.1) is 5.92 Å². The molecule has 0 saturated carbocycles. The number of nitrogens with one attached hydrogen (secondary N) is 1. The normalized spacial score (nSPS) is 24.3. The fraction of sp³-hybridized carbons (Fsp3) is 0.812. The van der Waals surface area contributed by atoms with E-state index in [1.165, 1.54) is 5.01 Å². The third-order valence-corrected chi connectivity index (χ3v) is 4.85. The zero-order chi connectivity index (χ0) is 15.0. The van der Waals surface area contributed by atoms with E-state index < -0.39 is 0 Å². The summed E-state index contributed by atoms with van der Waals surface area (Å²) in [6.07, 6.45) is 1.29. The second kappa shape index (κ2) is 5.74. The van der Waals surface area contributed by atoms with Crippen molar-refractivity contribution in [3.8, 4) is 0 Å². The third kappa shape index (κ3) is 4.03. The maximum atomic E-state index is 5.95. The SMILES string of the molecule is CC(C)(C)NCC1CCOC1c1csc(C(C)(C)C)n1. The van der Waals surface area contributed by atoms with Crippen molar-refractivity contribution in [1.29, 1.82) is 0 Å². The molecule has 1 fully saturated rings. The largest absolute Gasteiger partial charge is 0.372 e. The summed E-state index contributed by atoms with van der Waals surface area (Å²) >= 11 is 1.76. The molecule has 1 N–H and O–H groups in total. The van der Waals surface area contributed by atoms with Crippen molar-refractivity contribution in [2.75, 3.05) is 13.2 Å². The molecule has 1 saturated heterocycles. The molecule has 2 rings (SSSR count). The Morgan fingerprint density at radius 3 is 2.55 bits per heavy atom. The van der Waals surface area contributed by atoms with E-state index in [-0.39, 0.29) is 17.1 Å². The molecular formula is C16H28N2OS. The van der Waals surface area contributed by atoms with Gasteiger partial charge in [0, 0.05) is 35.4 Å². The van der Waals surface area contributed by atoms with Gasteiger partial charge in [0.2, 0.25) is 0 Å². The van der Waals surface area contributed by atoms with Crippen LogP contribution in [0.2, 0.25) is 0 Å². The van der Waals surface area contributed by atoms with Crippen molar-refractivity contribution < 1.29 is 4.74 Å². The van der Waals surface area contributed by atoms with Gasteiger partial charge in [-0.15, -0.1) is 11.3 Å². The molecule has 0 bridgehead atoms. The van der Waals surface area contributed by atoms with Crippen LogP contribution in [-0.2, 0) is 10.2 Å². The van der Waals surface area contributed by atoms with Crippen LogP contribution in [0.1, 0.15) is 64.8 Å². The van der Waals surface area contributed by atoms with Crippen LogP contribution < -0.4 is 5.32 Å². The fourth-order valence-electron chi connectivity index (χ4n) is 2.37. The number of hydrogen-bond acceptors (Lipinski definition) is 4. The van der Waals surface area contributed by atoms with Gasteiger partial charge in [-0.3, -0.25) is 0 Å². The second-order valence-corrected chi connectivity index (χ2v) is 8.66. The fourth-order valence-corrected chi connectivity index (χ4v) is 3.30. The average Bonchev–Trinajstić information content (AvgIpc) is 2.93. The van der Waals surface area contributed by atoms with Crippen LogP contribution in [0.5, 0.6) is 0 Å². The van der Waals surface area contributed by atoms with Crippen molar-refractivity contribution in [2.45, 2.75) is 65.0 Å². The van der Waals surface area contributed by atoms with E-state index >= 15 is 0 Å². The predicted octanol–water partition coefficient (Wildman–Crippen LogP) is 3.91. The van der Waals surface area contributed by atoms with E-state index in [1.54, 1.807) is 11.3 Å². The van der Waals surface area contributed by atoms with Crippen LogP contribution in [-0.4, -0.2) is 23.7 Å². The lowest BCUT2D eigenvalue weighted by molar-refractivity contribution is 0.0858. The van der Waals surface area contributed by atoms with Gasteiger partial charge in [-0.25, -0.2) is 4.98 Å². The van der Waals surface area contributed by atoms with Crippen LogP contribution >= 0.6 is 11.3 Å². The van der Waals surface area contributed by atoms with Crippen molar-refractivity contribution >= 4 is 11.3 Å². The topological polar surface area (TPSA) is 34.1 Å². The Morgan fingerprint density at radius 2 is 2.00 bits per heavy atom. The van der Waals surface area contributed by atoms with Crippen molar-refractivity contribution in [2.24, 2.45) is 5.92 Å².